The third-order valence-corrected chi connectivity index (χ3v) is 4.90. The van der Waals surface area contributed by atoms with Crippen molar-refractivity contribution >= 4 is 5.91 Å². The molecule has 1 aromatic heterocycles. The molecule has 2 saturated carbocycles. The molecule has 26 heavy (non-hydrogen) atoms. The minimum atomic E-state index is -4.47. The van der Waals surface area contributed by atoms with Gasteiger partial charge < -0.3 is 20.3 Å². The highest BCUT2D eigenvalue weighted by Gasteiger charge is 2.45. The molecule has 1 heterocycles. The van der Waals surface area contributed by atoms with Crippen LogP contribution in [0.2, 0.25) is 0 Å². The lowest BCUT2D eigenvalue weighted by atomic mass is 9.86. The Labute approximate surface area is 148 Å². The van der Waals surface area contributed by atoms with Crippen LogP contribution in [-0.4, -0.2) is 46.5 Å². The zero-order valence-electron chi connectivity index (χ0n) is 14.0. The van der Waals surface area contributed by atoms with Crippen molar-refractivity contribution in [1.29, 1.82) is 0 Å². The van der Waals surface area contributed by atoms with Crippen molar-refractivity contribution in [3.63, 3.8) is 0 Å². The minimum Gasteiger partial charge on any atom is -0.477 e. The lowest BCUT2D eigenvalue weighted by molar-refractivity contribution is -0.137. The number of hydrogen-bond donors (Lipinski definition) is 3. The second kappa shape index (κ2) is 7.03. The van der Waals surface area contributed by atoms with Gasteiger partial charge in [0, 0.05) is 30.1 Å². The molecule has 9 heteroatoms. The van der Waals surface area contributed by atoms with Crippen molar-refractivity contribution in [3.8, 4) is 5.88 Å². The molecule has 0 aliphatic heterocycles. The molecule has 2 unspecified atom stereocenters. The molecule has 2 atom stereocenters. The fourth-order valence-electron chi connectivity index (χ4n) is 3.18. The first-order chi connectivity index (χ1) is 12.2. The first-order valence-corrected chi connectivity index (χ1v) is 8.48. The zero-order chi connectivity index (χ0) is 18.9. The molecule has 0 saturated heterocycles. The Morgan fingerprint density at radius 3 is 2.42 bits per heavy atom. The SMILES string of the molecule is O=C(NCC1(COc2ccc(C(F)(F)F)cn2)CC(O)C(O)C1)C1CC1. The number of nitrogens with zero attached hydrogens (tertiary/aromatic N) is 1. The van der Waals surface area contributed by atoms with Crippen LogP contribution in [0.3, 0.4) is 0 Å². The van der Waals surface area contributed by atoms with Gasteiger partial charge in [-0.3, -0.25) is 4.79 Å². The highest BCUT2D eigenvalue weighted by molar-refractivity contribution is 5.80. The van der Waals surface area contributed by atoms with E-state index >= 15 is 0 Å². The van der Waals surface area contributed by atoms with E-state index in [1.165, 1.54) is 0 Å². The Hall–Kier alpha value is -1.87. The van der Waals surface area contributed by atoms with Crippen molar-refractivity contribution in [2.75, 3.05) is 13.2 Å². The molecule has 2 aliphatic carbocycles. The molecular weight excluding hydrogens is 353 g/mol. The van der Waals surface area contributed by atoms with Crippen LogP contribution in [0.5, 0.6) is 5.88 Å². The molecule has 3 N–H and O–H groups in total. The third-order valence-electron chi connectivity index (χ3n) is 4.90. The highest BCUT2D eigenvalue weighted by Crippen LogP contribution is 2.39. The summed E-state index contributed by atoms with van der Waals surface area (Å²) in [6.07, 6.45) is -3.49. The topological polar surface area (TPSA) is 91.7 Å². The number of carbonyl (C=O) groups is 1. The molecule has 6 nitrogen and oxygen atoms in total. The van der Waals surface area contributed by atoms with Crippen LogP contribution in [0.4, 0.5) is 13.2 Å². The van der Waals surface area contributed by atoms with Gasteiger partial charge in [0.25, 0.3) is 0 Å². The molecule has 0 aromatic carbocycles. The van der Waals surface area contributed by atoms with Gasteiger partial charge in [-0.25, -0.2) is 4.98 Å². The van der Waals surface area contributed by atoms with Crippen LogP contribution in [-0.2, 0) is 11.0 Å². The van der Waals surface area contributed by atoms with E-state index in [2.05, 4.69) is 10.3 Å². The van der Waals surface area contributed by atoms with Gasteiger partial charge in [-0.2, -0.15) is 13.2 Å². The first-order valence-electron chi connectivity index (χ1n) is 8.48. The van der Waals surface area contributed by atoms with Gasteiger partial charge in [-0.05, 0) is 31.7 Å². The van der Waals surface area contributed by atoms with Gasteiger partial charge in [0.15, 0.2) is 0 Å². The summed E-state index contributed by atoms with van der Waals surface area (Å²) in [7, 11) is 0. The fourth-order valence-corrected chi connectivity index (χ4v) is 3.18. The number of alkyl halides is 3. The van der Waals surface area contributed by atoms with Gasteiger partial charge in [0.2, 0.25) is 11.8 Å². The molecule has 2 aliphatic rings. The van der Waals surface area contributed by atoms with Crippen LogP contribution < -0.4 is 10.1 Å². The predicted molar refractivity (Wildman–Crippen MR) is 84.1 cm³/mol. The largest absolute Gasteiger partial charge is 0.477 e. The average molecular weight is 374 g/mol. The van der Waals surface area contributed by atoms with Crippen LogP contribution in [0.25, 0.3) is 0 Å². The molecule has 1 amide bonds. The van der Waals surface area contributed by atoms with Gasteiger partial charge in [0.1, 0.15) is 0 Å². The summed E-state index contributed by atoms with van der Waals surface area (Å²) >= 11 is 0. The van der Waals surface area contributed by atoms with Crippen molar-refractivity contribution < 1.29 is 32.9 Å². The Morgan fingerprint density at radius 1 is 1.27 bits per heavy atom. The lowest BCUT2D eigenvalue weighted by Crippen LogP contribution is -2.41. The number of carbonyl (C=O) groups excluding carboxylic acids is 1. The number of pyridine rings is 1. The van der Waals surface area contributed by atoms with E-state index < -0.39 is 29.4 Å². The molecule has 3 rings (SSSR count). The predicted octanol–water partition coefficient (Wildman–Crippen LogP) is 1.51. The van der Waals surface area contributed by atoms with Crippen LogP contribution >= 0.6 is 0 Å². The summed E-state index contributed by atoms with van der Waals surface area (Å²) in [5, 5.41) is 22.6. The number of hydrogen-bond acceptors (Lipinski definition) is 5. The Morgan fingerprint density at radius 2 is 1.92 bits per heavy atom. The summed E-state index contributed by atoms with van der Waals surface area (Å²) < 4.78 is 43.2. The average Bonchev–Trinajstić information content (AvgIpc) is 3.38. The number of nitrogens with one attached hydrogen (secondary N) is 1. The van der Waals surface area contributed by atoms with Crippen molar-refractivity contribution in [1.82, 2.24) is 10.3 Å². The lowest BCUT2D eigenvalue weighted by Gasteiger charge is -2.29. The summed E-state index contributed by atoms with van der Waals surface area (Å²) in [5.41, 5.74) is -1.57. The van der Waals surface area contributed by atoms with E-state index in [4.69, 9.17) is 4.74 Å². The van der Waals surface area contributed by atoms with Gasteiger partial charge in [-0.1, -0.05) is 0 Å². The second-order valence-electron chi connectivity index (χ2n) is 7.21. The first kappa shape index (κ1) is 18.9. The number of rotatable bonds is 6. The molecular formula is C17H21F3N2O4. The number of aliphatic hydroxyl groups excluding tert-OH is 2. The molecule has 0 bridgehead atoms. The van der Waals surface area contributed by atoms with Gasteiger partial charge in [0.05, 0.1) is 24.4 Å². The van der Waals surface area contributed by atoms with Crippen LogP contribution in [0, 0.1) is 11.3 Å². The Kier molecular flexibility index (Phi) is 5.12. The standard InChI is InChI=1S/C17H21F3N2O4/c18-17(19,20)11-3-4-14(21-7-11)26-9-16(5-12(23)13(24)6-16)8-22-15(25)10-1-2-10/h3-4,7,10,12-13,23-24H,1-2,5-6,8-9H2,(H,22,25). The number of halogens is 3. The Bertz CT molecular complexity index is 636. The van der Waals surface area contributed by atoms with E-state index in [0.717, 1.165) is 25.0 Å². The third kappa shape index (κ3) is 4.45. The minimum absolute atomic E-state index is 0.0155. The highest BCUT2D eigenvalue weighted by atomic mass is 19.4. The van der Waals surface area contributed by atoms with E-state index in [1.807, 2.05) is 0 Å². The van der Waals surface area contributed by atoms with Crippen molar-refractivity contribution in [2.45, 2.75) is 44.1 Å². The van der Waals surface area contributed by atoms with Crippen LogP contribution in [0.1, 0.15) is 31.2 Å². The summed E-state index contributed by atoms with van der Waals surface area (Å²) in [6.45, 7) is 0.238. The molecule has 0 radical (unpaired) electrons. The molecule has 2 fully saturated rings. The smallest absolute Gasteiger partial charge is 0.417 e. The van der Waals surface area contributed by atoms with E-state index in [0.29, 0.717) is 6.20 Å². The van der Waals surface area contributed by atoms with E-state index in [1.54, 1.807) is 0 Å². The summed E-state index contributed by atoms with van der Waals surface area (Å²) in [4.78, 5) is 15.5. The van der Waals surface area contributed by atoms with Gasteiger partial charge >= 0.3 is 6.18 Å². The van der Waals surface area contributed by atoms with E-state index in [-0.39, 0.29) is 43.7 Å². The maximum Gasteiger partial charge on any atom is 0.417 e. The summed E-state index contributed by atoms with van der Waals surface area (Å²) in [5.74, 6) is -0.0181. The molecule has 0 spiro atoms. The maximum atomic E-state index is 12.6. The quantitative estimate of drug-likeness (QED) is 0.702. The summed E-state index contributed by atoms with van der Waals surface area (Å²) in [6, 6.07) is 2.00. The number of amides is 1. The number of aliphatic hydroxyl groups is 2. The Balaban J connectivity index is 1.63. The van der Waals surface area contributed by atoms with Crippen LogP contribution in [0.15, 0.2) is 18.3 Å². The monoisotopic (exact) mass is 374 g/mol. The second-order valence-corrected chi connectivity index (χ2v) is 7.21. The van der Waals surface area contributed by atoms with Gasteiger partial charge in [-0.15, -0.1) is 0 Å². The van der Waals surface area contributed by atoms with E-state index in [9.17, 15) is 28.2 Å². The fraction of sp³-hybridized carbons (Fsp3) is 0.647. The molecule has 1 aromatic rings. The van der Waals surface area contributed by atoms with Crippen molar-refractivity contribution in [2.24, 2.45) is 11.3 Å². The zero-order valence-corrected chi connectivity index (χ0v) is 14.0. The normalized spacial score (nSPS) is 28.8. The number of aromatic nitrogens is 1. The molecule has 144 valence electrons. The van der Waals surface area contributed by atoms with Crippen molar-refractivity contribution in [3.05, 3.63) is 23.9 Å². The number of ether oxygens (including phenoxy) is 1. The maximum absolute atomic E-state index is 12.6.